The van der Waals surface area contributed by atoms with Gasteiger partial charge < -0.3 is 9.84 Å². The molecule has 0 saturated heterocycles. The number of ether oxygens (including phenoxy) is 1. The third-order valence-corrected chi connectivity index (χ3v) is 3.13. The molecule has 3 nitrogen and oxygen atoms in total. The Kier molecular flexibility index (Phi) is 4.06. The zero-order valence-corrected chi connectivity index (χ0v) is 11.1. The molecule has 0 aliphatic rings. The van der Waals surface area contributed by atoms with Crippen molar-refractivity contribution in [1.82, 2.24) is 0 Å². The number of hydrogen-bond donors (Lipinski definition) is 1. The van der Waals surface area contributed by atoms with Gasteiger partial charge in [0.2, 0.25) is 0 Å². The van der Waals surface area contributed by atoms with Crippen LogP contribution in [-0.2, 0) is 6.61 Å². The van der Waals surface area contributed by atoms with Crippen molar-refractivity contribution in [2.75, 3.05) is 0 Å². The number of nitriles is 1. The molecule has 0 aromatic heterocycles. The number of benzene rings is 2. The SMILES string of the molecule is Cc1cc(Oc2ccc(CO)cc2C#N)ccc1Cl. The summed E-state index contributed by atoms with van der Waals surface area (Å²) < 4.78 is 5.67. The molecule has 0 aliphatic carbocycles. The van der Waals surface area contributed by atoms with Gasteiger partial charge in [0.1, 0.15) is 17.6 Å². The number of hydrogen-bond acceptors (Lipinski definition) is 3. The first kappa shape index (κ1) is 13.4. The molecule has 0 fully saturated rings. The molecule has 0 atom stereocenters. The van der Waals surface area contributed by atoms with Crippen LogP contribution < -0.4 is 4.74 Å². The van der Waals surface area contributed by atoms with Gasteiger partial charge in [-0.1, -0.05) is 17.7 Å². The van der Waals surface area contributed by atoms with Crippen molar-refractivity contribution in [2.45, 2.75) is 13.5 Å². The van der Waals surface area contributed by atoms with Crippen LogP contribution in [0.15, 0.2) is 36.4 Å². The average molecular weight is 274 g/mol. The zero-order valence-electron chi connectivity index (χ0n) is 10.4. The van der Waals surface area contributed by atoms with Crippen molar-refractivity contribution in [3.8, 4) is 17.6 Å². The molecule has 4 heteroatoms. The van der Waals surface area contributed by atoms with E-state index in [0.29, 0.717) is 27.6 Å². The highest BCUT2D eigenvalue weighted by Crippen LogP contribution is 2.28. The topological polar surface area (TPSA) is 53.2 Å². The Bertz CT molecular complexity index is 647. The lowest BCUT2D eigenvalue weighted by Gasteiger charge is -2.09. The van der Waals surface area contributed by atoms with Crippen molar-refractivity contribution in [3.63, 3.8) is 0 Å². The molecule has 0 saturated carbocycles. The van der Waals surface area contributed by atoms with E-state index in [9.17, 15) is 0 Å². The predicted molar refractivity (Wildman–Crippen MR) is 73.3 cm³/mol. The molecule has 0 radical (unpaired) electrons. The van der Waals surface area contributed by atoms with Gasteiger partial charge in [-0.2, -0.15) is 5.26 Å². The zero-order chi connectivity index (χ0) is 13.8. The normalized spacial score (nSPS) is 10.0. The van der Waals surface area contributed by atoms with Crippen LogP contribution >= 0.6 is 11.6 Å². The maximum atomic E-state index is 9.08. The van der Waals surface area contributed by atoms with E-state index in [4.69, 9.17) is 26.7 Å². The fourth-order valence-corrected chi connectivity index (χ4v) is 1.78. The van der Waals surface area contributed by atoms with Crippen molar-refractivity contribution in [2.24, 2.45) is 0 Å². The highest BCUT2D eigenvalue weighted by Gasteiger charge is 2.07. The number of halogens is 1. The second-order valence-electron chi connectivity index (χ2n) is 4.11. The highest BCUT2D eigenvalue weighted by molar-refractivity contribution is 6.31. The fourth-order valence-electron chi connectivity index (χ4n) is 1.66. The quantitative estimate of drug-likeness (QED) is 0.925. The number of aryl methyl sites for hydroxylation is 1. The molecule has 0 spiro atoms. The first-order chi connectivity index (χ1) is 9.13. The second kappa shape index (κ2) is 5.75. The van der Waals surface area contributed by atoms with Crippen LogP contribution in [0.3, 0.4) is 0 Å². The van der Waals surface area contributed by atoms with Gasteiger partial charge in [0.25, 0.3) is 0 Å². The van der Waals surface area contributed by atoms with Gasteiger partial charge in [-0.25, -0.2) is 0 Å². The van der Waals surface area contributed by atoms with Crippen LogP contribution in [0, 0.1) is 18.3 Å². The molecule has 0 amide bonds. The Hall–Kier alpha value is -2.02. The third kappa shape index (κ3) is 3.05. The summed E-state index contributed by atoms with van der Waals surface area (Å²) in [4.78, 5) is 0. The Morgan fingerprint density at radius 3 is 2.68 bits per heavy atom. The summed E-state index contributed by atoms with van der Waals surface area (Å²) in [6.07, 6.45) is 0. The third-order valence-electron chi connectivity index (χ3n) is 2.70. The van der Waals surface area contributed by atoms with Gasteiger partial charge in [-0.05, 0) is 48.4 Å². The molecule has 2 aromatic carbocycles. The summed E-state index contributed by atoms with van der Waals surface area (Å²) in [6.45, 7) is 1.78. The maximum absolute atomic E-state index is 9.08. The van der Waals surface area contributed by atoms with Crippen LogP contribution in [0.1, 0.15) is 16.7 Å². The Balaban J connectivity index is 2.33. The predicted octanol–water partition coefficient (Wildman–Crippen LogP) is 3.80. The first-order valence-corrected chi connectivity index (χ1v) is 6.09. The minimum absolute atomic E-state index is 0.102. The molecule has 2 rings (SSSR count). The van der Waals surface area contributed by atoms with E-state index in [1.165, 1.54) is 0 Å². The number of aliphatic hydroxyl groups excluding tert-OH is 1. The Morgan fingerprint density at radius 1 is 1.26 bits per heavy atom. The molecular formula is C15H12ClNO2. The van der Waals surface area contributed by atoms with E-state index in [-0.39, 0.29) is 6.61 Å². The molecule has 0 unspecified atom stereocenters. The summed E-state index contributed by atoms with van der Waals surface area (Å²) >= 11 is 5.95. The van der Waals surface area contributed by atoms with E-state index in [1.54, 1.807) is 30.3 Å². The summed E-state index contributed by atoms with van der Waals surface area (Å²) in [7, 11) is 0. The van der Waals surface area contributed by atoms with E-state index in [2.05, 4.69) is 6.07 Å². The molecule has 0 aliphatic heterocycles. The minimum atomic E-state index is -0.102. The van der Waals surface area contributed by atoms with Gasteiger partial charge in [-0.3, -0.25) is 0 Å². The summed E-state index contributed by atoms with van der Waals surface area (Å²) in [5, 5.41) is 18.8. The standard InChI is InChI=1S/C15H12ClNO2/c1-10-6-13(3-4-14(10)16)19-15-5-2-11(9-18)7-12(15)8-17/h2-7,18H,9H2,1H3. The average Bonchev–Trinajstić information content (AvgIpc) is 2.43. The van der Waals surface area contributed by atoms with Crippen molar-refractivity contribution >= 4 is 11.6 Å². The molecule has 0 bridgehead atoms. The van der Waals surface area contributed by atoms with Crippen LogP contribution in [0.5, 0.6) is 11.5 Å². The van der Waals surface area contributed by atoms with Gasteiger partial charge in [0.15, 0.2) is 0 Å². The van der Waals surface area contributed by atoms with Crippen LogP contribution in [0.2, 0.25) is 5.02 Å². The molecule has 96 valence electrons. The number of aliphatic hydroxyl groups is 1. The monoisotopic (exact) mass is 273 g/mol. The van der Waals surface area contributed by atoms with Gasteiger partial charge >= 0.3 is 0 Å². The largest absolute Gasteiger partial charge is 0.456 e. The molecule has 0 heterocycles. The number of nitrogens with zero attached hydrogens (tertiary/aromatic N) is 1. The lowest BCUT2D eigenvalue weighted by Crippen LogP contribution is -1.91. The van der Waals surface area contributed by atoms with E-state index < -0.39 is 0 Å². The van der Waals surface area contributed by atoms with Crippen molar-refractivity contribution < 1.29 is 9.84 Å². The minimum Gasteiger partial charge on any atom is -0.456 e. The first-order valence-electron chi connectivity index (χ1n) is 5.72. The molecular weight excluding hydrogens is 262 g/mol. The number of rotatable bonds is 3. The Morgan fingerprint density at radius 2 is 2.05 bits per heavy atom. The molecule has 1 N–H and O–H groups in total. The van der Waals surface area contributed by atoms with E-state index >= 15 is 0 Å². The van der Waals surface area contributed by atoms with Crippen molar-refractivity contribution in [3.05, 3.63) is 58.1 Å². The van der Waals surface area contributed by atoms with Gasteiger partial charge in [0, 0.05) is 5.02 Å². The second-order valence-corrected chi connectivity index (χ2v) is 4.52. The fraction of sp³-hybridized carbons (Fsp3) is 0.133. The summed E-state index contributed by atoms with van der Waals surface area (Å²) in [6, 6.07) is 12.4. The van der Waals surface area contributed by atoms with Crippen molar-refractivity contribution in [1.29, 1.82) is 5.26 Å². The van der Waals surface area contributed by atoms with E-state index in [0.717, 1.165) is 5.56 Å². The van der Waals surface area contributed by atoms with Gasteiger partial charge in [-0.15, -0.1) is 0 Å². The lowest BCUT2D eigenvalue weighted by atomic mass is 10.1. The lowest BCUT2D eigenvalue weighted by molar-refractivity contribution is 0.281. The molecule has 2 aromatic rings. The summed E-state index contributed by atoms with van der Waals surface area (Å²) in [5.41, 5.74) is 1.97. The Labute approximate surface area is 116 Å². The van der Waals surface area contributed by atoms with Crippen LogP contribution in [0.25, 0.3) is 0 Å². The van der Waals surface area contributed by atoms with Crippen LogP contribution in [0.4, 0.5) is 0 Å². The summed E-state index contributed by atoms with van der Waals surface area (Å²) in [5.74, 6) is 1.08. The molecule has 19 heavy (non-hydrogen) atoms. The van der Waals surface area contributed by atoms with Crippen LogP contribution in [-0.4, -0.2) is 5.11 Å². The van der Waals surface area contributed by atoms with Gasteiger partial charge in [0.05, 0.1) is 12.2 Å². The highest BCUT2D eigenvalue weighted by atomic mass is 35.5. The van der Waals surface area contributed by atoms with E-state index in [1.807, 2.05) is 13.0 Å². The smallest absolute Gasteiger partial charge is 0.145 e. The maximum Gasteiger partial charge on any atom is 0.145 e.